The number of hydrogen-bond donors (Lipinski definition) is 1. The molecule has 14 heavy (non-hydrogen) atoms. The Bertz CT molecular complexity index is 167. The van der Waals surface area contributed by atoms with E-state index in [4.69, 9.17) is 0 Å². The molecule has 3 heteroatoms. The average molecular weight is 200 g/mol. The van der Waals surface area contributed by atoms with E-state index >= 15 is 0 Å². The molecule has 1 atom stereocenters. The first-order valence-corrected chi connectivity index (χ1v) is 5.42. The average Bonchev–Trinajstić information content (AvgIpc) is 2.11. The fourth-order valence-electron chi connectivity index (χ4n) is 1.44. The quantitative estimate of drug-likeness (QED) is 0.704. The molecular formula is C11H24N2O. The zero-order valence-corrected chi connectivity index (χ0v) is 10.1. The third-order valence-electron chi connectivity index (χ3n) is 2.49. The van der Waals surface area contributed by atoms with Gasteiger partial charge < -0.3 is 10.2 Å². The van der Waals surface area contributed by atoms with Crippen molar-refractivity contribution in [2.75, 3.05) is 20.6 Å². The van der Waals surface area contributed by atoms with Crippen molar-refractivity contribution in [3.63, 3.8) is 0 Å². The van der Waals surface area contributed by atoms with Gasteiger partial charge in [-0.15, -0.1) is 0 Å². The van der Waals surface area contributed by atoms with E-state index < -0.39 is 0 Å². The topological polar surface area (TPSA) is 32.3 Å². The number of nitrogens with zero attached hydrogens (tertiary/aromatic N) is 1. The van der Waals surface area contributed by atoms with Crippen molar-refractivity contribution >= 4 is 5.91 Å². The van der Waals surface area contributed by atoms with Gasteiger partial charge in [-0.2, -0.15) is 0 Å². The van der Waals surface area contributed by atoms with E-state index in [1.54, 1.807) is 19.0 Å². The summed E-state index contributed by atoms with van der Waals surface area (Å²) in [6, 6.07) is 0.532. The maximum absolute atomic E-state index is 11.3. The summed E-state index contributed by atoms with van der Waals surface area (Å²) in [5.74, 6) is 0.825. The Kier molecular flexibility index (Phi) is 6.54. The van der Waals surface area contributed by atoms with Gasteiger partial charge in [-0.1, -0.05) is 20.8 Å². The summed E-state index contributed by atoms with van der Waals surface area (Å²) in [5.41, 5.74) is 0. The normalized spacial score (nSPS) is 13.0. The van der Waals surface area contributed by atoms with E-state index in [1.807, 2.05) is 0 Å². The SMILES string of the molecule is CCC(NCCC(=O)N(C)C)C(C)C. The Hall–Kier alpha value is -0.570. The van der Waals surface area contributed by atoms with Gasteiger partial charge in [0.2, 0.25) is 5.91 Å². The molecule has 1 N–H and O–H groups in total. The molecule has 0 aliphatic rings. The molecule has 0 aromatic heterocycles. The van der Waals surface area contributed by atoms with Crippen LogP contribution >= 0.6 is 0 Å². The molecule has 0 aromatic rings. The van der Waals surface area contributed by atoms with Crippen molar-refractivity contribution in [3.8, 4) is 0 Å². The van der Waals surface area contributed by atoms with Gasteiger partial charge in [0, 0.05) is 33.1 Å². The molecule has 0 saturated heterocycles. The summed E-state index contributed by atoms with van der Waals surface area (Å²) in [6.07, 6.45) is 1.71. The van der Waals surface area contributed by atoms with Crippen LogP contribution in [0.25, 0.3) is 0 Å². The highest BCUT2D eigenvalue weighted by Gasteiger charge is 2.10. The summed E-state index contributed by atoms with van der Waals surface area (Å²) in [5, 5.41) is 3.41. The maximum atomic E-state index is 11.3. The smallest absolute Gasteiger partial charge is 0.223 e. The molecule has 0 radical (unpaired) electrons. The van der Waals surface area contributed by atoms with Gasteiger partial charge in [-0.05, 0) is 12.3 Å². The number of carbonyl (C=O) groups is 1. The van der Waals surface area contributed by atoms with Gasteiger partial charge in [-0.25, -0.2) is 0 Å². The number of nitrogens with one attached hydrogen (secondary N) is 1. The molecule has 0 aliphatic heterocycles. The fourth-order valence-corrected chi connectivity index (χ4v) is 1.44. The third-order valence-corrected chi connectivity index (χ3v) is 2.49. The van der Waals surface area contributed by atoms with Gasteiger partial charge in [0.1, 0.15) is 0 Å². The molecule has 0 fully saturated rings. The van der Waals surface area contributed by atoms with Gasteiger partial charge in [0.15, 0.2) is 0 Å². The Labute approximate surface area is 87.9 Å². The van der Waals surface area contributed by atoms with Crippen molar-refractivity contribution in [2.24, 2.45) is 5.92 Å². The van der Waals surface area contributed by atoms with Crippen LogP contribution in [-0.2, 0) is 4.79 Å². The van der Waals surface area contributed by atoms with Gasteiger partial charge in [-0.3, -0.25) is 4.79 Å². The van der Waals surface area contributed by atoms with Crippen molar-refractivity contribution in [2.45, 2.75) is 39.7 Å². The Morgan fingerprint density at radius 2 is 1.93 bits per heavy atom. The molecule has 0 heterocycles. The van der Waals surface area contributed by atoms with Crippen LogP contribution in [0.1, 0.15) is 33.6 Å². The second kappa shape index (κ2) is 6.82. The molecule has 1 amide bonds. The lowest BCUT2D eigenvalue weighted by atomic mass is 10.0. The largest absolute Gasteiger partial charge is 0.349 e. The summed E-state index contributed by atoms with van der Waals surface area (Å²) in [6.45, 7) is 7.36. The van der Waals surface area contributed by atoms with Crippen LogP contribution in [0, 0.1) is 5.92 Å². The molecule has 0 rings (SSSR count). The lowest BCUT2D eigenvalue weighted by molar-refractivity contribution is -0.128. The van der Waals surface area contributed by atoms with E-state index in [1.165, 1.54) is 0 Å². The predicted molar refractivity (Wildman–Crippen MR) is 60.2 cm³/mol. The van der Waals surface area contributed by atoms with E-state index in [2.05, 4.69) is 26.1 Å². The number of hydrogen-bond acceptors (Lipinski definition) is 2. The fraction of sp³-hybridized carbons (Fsp3) is 0.909. The van der Waals surface area contributed by atoms with Crippen LogP contribution in [0.4, 0.5) is 0 Å². The molecule has 1 unspecified atom stereocenters. The van der Waals surface area contributed by atoms with Crippen LogP contribution in [0.3, 0.4) is 0 Å². The van der Waals surface area contributed by atoms with E-state index in [0.29, 0.717) is 18.4 Å². The molecule has 3 nitrogen and oxygen atoms in total. The number of rotatable bonds is 6. The summed E-state index contributed by atoms with van der Waals surface area (Å²) >= 11 is 0. The molecule has 84 valence electrons. The van der Waals surface area contributed by atoms with Crippen LogP contribution in [0.15, 0.2) is 0 Å². The molecule has 0 aromatic carbocycles. The van der Waals surface area contributed by atoms with E-state index in [0.717, 1.165) is 13.0 Å². The second-order valence-corrected chi connectivity index (χ2v) is 4.25. The molecule has 0 bridgehead atoms. The minimum Gasteiger partial charge on any atom is -0.349 e. The Balaban J connectivity index is 3.66. The van der Waals surface area contributed by atoms with Crippen molar-refractivity contribution in [1.29, 1.82) is 0 Å². The van der Waals surface area contributed by atoms with E-state index in [-0.39, 0.29) is 5.91 Å². The minimum absolute atomic E-state index is 0.191. The first-order chi connectivity index (χ1) is 6.49. The van der Waals surface area contributed by atoms with Crippen LogP contribution in [-0.4, -0.2) is 37.5 Å². The summed E-state index contributed by atoms with van der Waals surface area (Å²) < 4.78 is 0. The summed E-state index contributed by atoms with van der Waals surface area (Å²) in [7, 11) is 3.59. The molecule has 0 spiro atoms. The second-order valence-electron chi connectivity index (χ2n) is 4.25. The molecule has 0 aliphatic carbocycles. The van der Waals surface area contributed by atoms with Crippen molar-refractivity contribution in [3.05, 3.63) is 0 Å². The highest BCUT2D eigenvalue weighted by molar-refractivity contribution is 5.75. The monoisotopic (exact) mass is 200 g/mol. The highest BCUT2D eigenvalue weighted by Crippen LogP contribution is 2.04. The van der Waals surface area contributed by atoms with Crippen LogP contribution in [0.2, 0.25) is 0 Å². The number of amides is 1. The third kappa shape index (κ3) is 5.22. The minimum atomic E-state index is 0.191. The van der Waals surface area contributed by atoms with Gasteiger partial charge in [0.05, 0.1) is 0 Å². The van der Waals surface area contributed by atoms with Gasteiger partial charge in [0.25, 0.3) is 0 Å². The standard InChI is InChI=1S/C11H24N2O/c1-6-10(9(2)3)12-8-7-11(14)13(4)5/h9-10,12H,6-8H2,1-5H3. The van der Waals surface area contributed by atoms with Crippen molar-refractivity contribution < 1.29 is 4.79 Å². The van der Waals surface area contributed by atoms with Crippen LogP contribution in [0.5, 0.6) is 0 Å². The zero-order chi connectivity index (χ0) is 11.1. The first-order valence-electron chi connectivity index (χ1n) is 5.42. The highest BCUT2D eigenvalue weighted by atomic mass is 16.2. The number of carbonyl (C=O) groups excluding carboxylic acids is 1. The lowest BCUT2D eigenvalue weighted by Crippen LogP contribution is -2.36. The lowest BCUT2D eigenvalue weighted by Gasteiger charge is -2.21. The zero-order valence-electron chi connectivity index (χ0n) is 10.1. The van der Waals surface area contributed by atoms with Gasteiger partial charge >= 0.3 is 0 Å². The van der Waals surface area contributed by atoms with Crippen LogP contribution < -0.4 is 5.32 Å². The summed E-state index contributed by atoms with van der Waals surface area (Å²) in [4.78, 5) is 12.9. The first kappa shape index (κ1) is 13.4. The Morgan fingerprint density at radius 3 is 2.29 bits per heavy atom. The maximum Gasteiger partial charge on any atom is 0.223 e. The van der Waals surface area contributed by atoms with E-state index in [9.17, 15) is 4.79 Å². The molecule has 0 saturated carbocycles. The Morgan fingerprint density at radius 1 is 1.36 bits per heavy atom. The predicted octanol–water partition coefficient (Wildman–Crippen LogP) is 1.49. The molecular weight excluding hydrogens is 176 g/mol. The van der Waals surface area contributed by atoms with Crippen molar-refractivity contribution in [1.82, 2.24) is 10.2 Å².